The molecule has 2 nitrogen and oxygen atoms in total. The molecule has 0 unspecified atom stereocenters. The standard InChI is InChI=1S/C28H37F3O2/c1-3-5-8-15-28(16-9-7-10-17-28)20-33-24-13-11-21(19-23(24)29)22-12-14-25(27(31)26(22)30)32-18-6-4-2/h11-14,19H,3-10,15-18,20H2,1-2H3. The van der Waals surface area contributed by atoms with Gasteiger partial charge >= 0.3 is 0 Å². The maximum Gasteiger partial charge on any atom is 0.201 e. The number of benzene rings is 2. The molecule has 0 heterocycles. The van der Waals surface area contributed by atoms with Gasteiger partial charge in [0.2, 0.25) is 5.82 Å². The average molecular weight is 463 g/mol. The Bertz CT molecular complexity index is 891. The monoisotopic (exact) mass is 462 g/mol. The van der Waals surface area contributed by atoms with Crippen LogP contribution >= 0.6 is 0 Å². The summed E-state index contributed by atoms with van der Waals surface area (Å²) in [6, 6.07) is 7.15. The first-order valence-corrected chi connectivity index (χ1v) is 12.5. The highest BCUT2D eigenvalue weighted by Crippen LogP contribution is 2.41. The van der Waals surface area contributed by atoms with Crippen LogP contribution < -0.4 is 9.47 Å². The zero-order valence-corrected chi connectivity index (χ0v) is 20.0. The van der Waals surface area contributed by atoms with E-state index in [1.54, 1.807) is 6.07 Å². The molecule has 0 amide bonds. The summed E-state index contributed by atoms with van der Waals surface area (Å²) in [4.78, 5) is 0. The Hall–Kier alpha value is -2.17. The van der Waals surface area contributed by atoms with Gasteiger partial charge in [-0.15, -0.1) is 0 Å². The largest absolute Gasteiger partial charge is 0.490 e. The second kappa shape index (κ2) is 12.3. The zero-order valence-electron chi connectivity index (χ0n) is 20.0. The number of hydrogen-bond acceptors (Lipinski definition) is 2. The van der Waals surface area contributed by atoms with E-state index in [1.807, 2.05) is 6.92 Å². The van der Waals surface area contributed by atoms with E-state index in [-0.39, 0.29) is 28.0 Å². The summed E-state index contributed by atoms with van der Waals surface area (Å²) in [5, 5.41) is 0. The number of ether oxygens (including phenoxy) is 2. The topological polar surface area (TPSA) is 18.5 Å². The molecule has 0 radical (unpaired) electrons. The van der Waals surface area contributed by atoms with Crippen molar-refractivity contribution in [2.45, 2.75) is 84.5 Å². The van der Waals surface area contributed by atoms with Crippen molar-refractivity contribution in [3.63, 3.8) is 0 Å². The molecule has 0 aliphatic heterocycles. The van der Waals surface area contributed by atoms with Crippen LogP contribution in [0.15, 0.2) is 30.3 Å². The molecule has 0 spiro atoms. The zero-order chi connectivity index (χ0) is 23.7. The van der Waals surface area contributed by atoms with Crippen molar-refractivity contribution in [3.05, 3.63) is 47.8 Å². The maximum atomic E-state index is 14.9. The summed E-state index contributed by atoms with van der Waals surface area (Å²) in [5.74, 6) is -2.59. The van der Waals surface area contributed by atoms with Gasteiger partial charge in [0, 0.05) is 11.0 Å². The molecule has 182 valence electrons. The van der Waals surface area contributed by atoms with Crippen LogP contribution in [0.3, 0.4) is 0 Å². The van der Waals surface area contributed by atoms with Gasteiger partial charge in [-0.05, 0) is 55.5 Å². The summed E-state index contributed by atoms with van der Waals surface area (Å²) in [7, 11) is 0. The molecule has 0 atom stereocenters. The first kappa shape index (κ1) is 25.5. The molecule has 2 aromatic rings. The Kier molecular flexibility index (Phi) is 9.52. The van der Waals surface area contributed by atoms with E-state index in [2.05, 4.69) is 6.92 Å². The van der Waals surface area contributed by atoms with Crippen LogP contribution in [-0.2, 0) is 0 Å². The molecule has 0 saturated heterocycles. The van der Waals surface area contributed by atoms with Gasteiger partial charge < -0.3 is 9.47 Å². The van der Waals surface area contributed by atoms with Crippen LogP contribution in [0.25, 0.3) is 11.1 Å². The smallest absolute Gasteiger partial charge is 0.201 e. The Balaban J connectivity index is 1.71. The van der Waals surface area contributed by atoms with Crippen molar-refractivity contribution in [2.75, 3.05) is 13.2 Å². The molecular formula is C28H37F3O2. The SMILES string of the molecule is CCCCCC1(COc2ccc(-c3ccc(OCCCC)c(F)c3F)cc2F)CCCCC1. The summed E-state index contributed by atoms with van der Waals surface area (Å²) in [5.41, 5.74) is 0.386. The van der Waals surface area contributed by atoms with E-state index in [0.717, 1.165) is 32.1 Å². The summed E-state index contributed by atoms with van der Waals surface area (Å²) >= 11 is 0. The van der Waals surface area contributed by atoms with Crippen LogP contribution in [0.5, 0.6) is 11.5 Å². The molecule has 1 saturated carbocycles. The third kappa shape index (κ3) is 6.68. The Morgan fingerprint density at radius 1 is 0.788 bits per heavy atom. The highest BCUT2D eigenvalue weighted by molar-refractivity contribution is 5.66. The average Bonchev–Trinajstić information content (AvgIpc) is 2.82. The molecule has 1 fully saturated rings. The third-order valence-electron chi connectivity index (χ3n) is 6.80. The van der Waals surface area contributed by atoms with E-state index < -0.39 is 17.5 Å². The molecule has 5 heteroatoms. The minimum Gasteiger partial charge on any atom is -0.490 e. The quantitative estimate of drug-likeness (QED) is 0.293. The molecule has 0 aromatic heterocycles. The first-order valence-electron chi connectivity index (χ1n) is 12.5. The fraction of sp³-hybridized carbons (Fsp3) is 0.571. The van der Waals surface area contributed by atoms with Crippen LogP contribution in [0.4, 0.5) is 13.2 Å². The lowest BCUT2D eigenvalue weighted by Crippen LogP contribution is -2.31. The fourth-order valence-corrected chi connectivity index (χ4v) is 4.73. The Morgan fingerprint density at radius 2 is 1.52 bits per heavy atom. The molecule has 3 rings (SSSR count). The van der Waals surface area contributed by atoms with Crippen molar-refractivity contribution in [1.29, 1.82) is 0 Å². The summed E-state index contributed by atoms with van der Waals surface area (Å²) in [6.07, 6.45) is 12.2. The first-order chi connectivity index (χ1) is 16.0. The van der Waals surface area contributed by atoms with Gasteiger partial charge in [-0.3, -0.25) is 0 Å². The molecule has 1 aliphatic rings. The number of hydrogen-bond donors (Lipinski definition) is 0. The Morgan fingerprint density at radius 3 is 2.21 bits per heavy atom. The lowest BCUT2D eigenvalue weighted by Gasteiger charge is -2.37. The lowest BCUT2D eigenvalue weighted by atomic mass is 9.71. The van der Waals surface area contributed by atoms with E-state index in [9.17, 15) is 13.2 Å². The van der Waals surface area contributed by atoms with Crippen LogP contribution in [-0.4, -0.2) is 13.2 Å². The molecular weight excluding hydrogens is 425 g/mol. The number of halogens is 3. The minimum absolute atomic E-state index is 0.00380. The van der Waals surface area contributed by atoms with E-state index in [4.69, 9.17) is 9.47 Å². The van der Waals surface area contributed by atoms with Crippen molar-refractivity contribution < 1.29 is 22.6 Å². The van der Waals surface area contributed by atoms with Crippen molar-refractivity contribution in [2.24, 2.45) is 5.41 Å². The fourth-order valence-electron chi connectivity index (χ4n) is 4.73. The predicted octanol–water partition coefficient (Wildman–Crippen LogP) is 8.86. The van der Waals surface area contributed by atoms with Crippen molar-refractivity contribution in [3.8, 4) is 22.6 Å². The van der Waals surface area contributed by atoms with Gasteiger partial charge in [-0.2, -0.15) is 4.39 Å². The second-order valence-corrected chi connectivity index (χ2v) is 9.39. The van der Waals surface area contributed by atoms with E-state index in [1.165, 1.54) is 62.8 Å². The van der Waals surface area contributed by atoms with Crippen LogP contribution in [0, 0.1) is 22.9 Å². The Labute approximate surface area is 196 Å². The van der Waals surface area contributed by atoms with Gasteiger partial charge in [0.25, 0.3) is 0 Å². The van der Waals surface area contributed by atoms with E-state index >= 15 is 0 Å². The minimum atomic E-state index is -1.05. The highest BCUT2D eigenvalue weighted by Gasteiger charge is 2.32. The van der Waals surface area contributed by atoms with E-state index in [0.29, 0.717) is 13.2 Å². The maximum absolute atomic E-state index is 14.9. The lowest BCUT2D eigenvalue weighted by molar-refractivity contribution is 0.0821. The number of rotatable bonds is 12. The van der Waals surface area contributed by atoms with Crippen molar-refractivity contribution >= 4 is 0 Å². The van der Waals surface area contributed by atoms with Gasteiger partial charge in [-0.25, -0.2) is 8.78 Å². The van der Waals surface area contributed by atoms with Gasteiger partial charge in [-0.1, -0.05) is 64.9 Å². The summed E-state index contributed by atoms with van der Waals surface area (Å²) < 4.78 is 55.3. The second-order valence-electron chi connectivity index (χ2n) is 9.39. The number of unbranched alkanes of at least 4 members (excludes halogenated alkanes) is 3. The van der Waals surface area contributed by atoms with Crippen LogP contribution in [0.1, 0.15) is 84.5 Å². The molecule has 1 aliphatic carbocycles. The molecule has 0 N–H and O–H groups in total. The van der Waals surface area contributed by atoms with Crippen molar-refractivity contribution in [1.82, 2.24) is 0 Å². The van der Waals surface area contributed by atoms with Gasteiger partial charge in [0.05, 0.1) is 13.2 Å². The van der Waals surface area contributed by atoms with Gasteiger partial charge in [0.15, 0.2) is 23.1 Å². The third-order valence-corrected chi connectivity index (χ3v) is 6.80. The highest BCUT2D eigenvalue weighted by atomic mass is 19.2. The molecule has 2 aromatic carbocycles. The molecule has 33 heavy (non-hydrogen) atoms. The predicted molar refractivity (Wildman–Crippen MR) is 127 cm³/mol. The summed E-state index contributed by atoms with van der Waals surface area (Å²) in [6.45, 7) is 5.02. The molecule has 0 bridgehead atoms. The van der Waals surface area contributed by atoms with Crippen LogP contribution in [0.2, 0.25) is 0 Å². The normalized spacial score (nSPS) is 15.4. The van der Waals surface area contributed by atoms with Gasteiger partial charge in [0.1, 0.15) is 0 Å².